The Labute approximate surface area is 174 Å². The second kappa shape index (κ2) is 8.31. The number of hydrogen-bond donors (Lipinski definition) is 2. The lowest BCUT2D eigenvalue weighted by Gasteiger charge is -2.31. The van der Waals surface area contributed by atoms with Crippen molar-refractivity contribution in [2.24, 2.45) is 0 Å². The van der Waals surface area contributed by atoms with E-state index in [4.69, 9.17) is 16.7 Å². The number of carboxylic acid groups (broad SMARTS) is 1. The van der Waals surface area contributed by atoms with Gasteiger partial charge in [-0.15, -0.1) is 0 Å². The van der Waals surface area contributed by atoms with Gasteiger partial charge in [0.05, 0.1) is 14.8 Å². The third kappa shape index (κ3) is 4.55. The molecule has 8 nitrogen and oxygen atoms in total. The van der Waals surface area contributed by atoms with Crippen LogP contribution in [0.15, 0.2) is 63.2 Å². The summed E-state index contributed by atoms with van der Waals surface area (Å²) in [5.41, 5.74) is 0. The van der Waals surface area contributed by atoms with E-state index in [2.05, 4.69) is 5.32 Å². The van der Waals surface area contributed by atoms with Crippen molar-refractivity contribution in [3.05, 3.63) is 53.6 Å². The molecule has 0 aromatic heterocycles. The molecule has 0 saturated carbocycles. The first kappa shape index (κ1) is 21.6. The number of amides is 1. The van der Waals surface area contributed by atoms with E-state index >= 15 is 0 Å². The monoisotopic (exact) mass is 458 g/mol. The van der Waals surface area contributed by atoms with Gasteiger partial charge in [0, 0.05) is 19.1 Å². The number of piperidine rings is 1. The highest BCUT2D eigenvalue weighted by Gasteiger charge is 2.32. The third-order valence-corrected chi connectivity index (χ3v) is 8.81. The highest BCUT2D eigenvalue weighted by molar-refractivity contribution is 7.91. The molecule has 0 atom stereocenters. The van der Waals surface area contributed by atoms with Crippen molar-refractivity contribution < 1.29 is 26.7 Å². The first-order valence-electron chi connectivity index (χ1n) is 8.71. The molecule has 1 aliphatic rings. The fourth-order valence-corrected chi connectivity index (χ4v) is 6.49. The Morgan fingerprint density at radius 1 is 1.00 bits per heavy atom. The average molecular weight is 459 g/mol. The lowest BCUT2D eigenvalue weighted by molar-refractivity contribution is 0.183. The largest absolute Gasteiger partial charge is 0.465 e. The number of sulfone groups is 1. The first-order valence-corrected chi connectivity index (χ1v) is 12.0. The predicted molar refractivity (Wildman–Crippen MR) is 106 cm³/mol. The highest BCUT2D eigenvalue weighted by Crippen LogP contribution is 2.31. The van der Waals surface area contributed by atoms with Gasteiger partial charge >= 0.3 is 6.09 Å². The summed E-state index contributed by atoms with van der Waals surface area (Å²) in [5, 5.41) is 11.1. The van der Waals surface area contributed by atoms with Gasteiger partial charge in [-0.25, -0.2) is 21.6 Å². The summed E-state index contributed by atoms with van der Waals surface area (Å²) < 4.78 is 53.0. The number of rotatable bonds is 5. The number of nitrogens with one attached hydrogen (secondary N) is 1. The van der Waals surface area contributed by atoms with Crippen LogP contribution in [0.5, 0.6) is 0 Å². The summed E-state index contributed by atoms with van der Waals surface area (Å²) >= 11 is 6.10. The molecule has 0 spiro atoms. The molecular weight excluding hydrogens is 440 g/mol. The summed E-state index contributed by atoms with van der Waals surface area (Å²) in [6.07, 6.45) is -0.538. The molecule has 29 heavy (non-hydrogen) atoms. The summed E-state index contributed by atoms with van der Waals surface area (Å²) in [7, 11) is -7.96. The molecule has 1 amide bonds. The molecule has 3 rings (SSSR count). The molecule has 0 aliphatic carbocycles. The summed E-state index contributed by atoms with van der Waals surface area (Å²) in [6.45, 7) is 0.193. The predicted octanol–water partition coefficient (Wildman–Crippen LogP) is 2.59. The zero-order valence-electron chi connectivity index (χ0n) is 15.2. The number of benzene rings is 2. The van der Waals surface area contributed by atoms with Crippen LogP contribution < -0.4 is 5.32 Å². The van der Waals surface area contributed by atoms with Crippen molar-refractivity contribution in [2.75, 3.05) is 13.1 Å². The van der Waals surface area contributed by atoms with Gasteiger partial charge in [0.25, 0.3) is 0 Å². The fraction of sp³-hybridized carbons (Fsp3) is 0.278. The van der Waals surface area contributed by atoms with Crippen molar-refractivity contribution in [1.82, 2.24) is 9.62 Å². The molecule has 0 bridgehead atoms. The van der Waals surface area contributed by atoms with Crippen molar-refractivity contribution >= 4 is 37.6 Å². The SMILES string of the molecule is O=C(O)NC1CCN(S(=O)(=O)c2cc(S(=O)(=O)c3ccccc3)ccc2Cl)CC1. The molecule has 1 heterocycles. The Morgan fingerprint density at radius 2 is 1.62 bits per heavy atom. The van der Waals surface area contributed by atoms with E-state index in [0.29, 0.717) is 12.8 Å². The van der Waals surface area contributed by atoms with Gasteiger partial charge < -0.3 is 10.4 Å². The van der Waals surface area contributed by atoms with Gasteiger partial charge in [0.2, 0.25) is 19.9 Å². The van der Waals surface area contributed by atoms with E-state index in [-0.39, 0.29) is 38.8 Å². The molecule has 0 radical (unpaired) electrons. The minimum absolute atomic E-state index is 0.0474. The summed E-state index contributed by atoms with van der Waals surface area (Å²) in [6, 6.07) is 11.0. The van der Waals surface area contributed by atoms with E-state index in [0.717, 1.165) is 6.07 Å². The Morgan fingerprint density at radius 3 is 2.21 bits per heavy atom. The standard InChI is InChI=1S/C18H19ClN2O6S2/c19-16-7-6-15(28(24,25)14-4-2-1-3-5-14)12-17(16)29(26,27)21-10-8-13(9-11-21)20-18(22)23/h1-7,12-13,20H,8-11H2,(H,22,23). The van der Waals surface area contributed by atoms with Gasteiger partial charge in [0.15, 0.2) is 0 Å². The third-order valence-electron chi connectivity index (χ3n) is 4.67. The first-order chi connectivity index (χ1) is 13.6. The number of hydrogen-bond acceptors (Lipinski definition) is 5. The Bertz CT molecular complexity index is 1110. The lowest BCUT2D eigenvalue weighted by atomic mass is 10.1. The van der Waals surface area contributed by atoms with E-state index in [1.165, 1.54) is 28.6 Å². The molecular formula is C18H19ClN2O6S2. The molecule has 2 aromatic rings. The smallest absolute Gasteiger partial charge is 0.404 e. The maximum absolute atomic E-state index is 13.1. The molecule has 0 unspecified atom stereocenters. The Balaban J connectivity index is 1.91. The molecule has 11 heteroatoms. The summed E-state index contributed by atoms with van der Waals surface area (Å²) in [5.74, 6) is 0. The minimum Gasteiger partial charge on any atom is -0.465 e. The number of halogens is 1. The number of nitrogens with zero attached hydrogens (tertiary/aromatic N) is 1. The fourth-order valence-electron chi connectivity index (χ4n) is 3.14. The molecule has 1 saturated heterocycles. The Kier molecular flexibility index (Phi) is 6.18. The minimum atomic E-state index is -4.05. The molecule has 1 fully saturated rings. The molecule has 1 aliphatic heterocycles. The van der Waals surface area contributed by atoms with Crippen LogP contribution in [-0.4, -0.2) is 51.5 Å². The topological polar surface area (TPSA) is 121 Å². The van der Waals surface area contributed by atoms with Crippen LogP contribution in [0.3, 0.4) is 0 Å². The van der Waals surface area contributed by atoms with Crippen LogP contribution in [0, 0.1) is 0 Å². The van der Waals surface area contributed by atoms with Gasteiger partial charge in [0.1, 0.15) is 4.90 Å². The van der Waals surface area contributed by atoms with E-state index < -0.39 is 26.0 Å². The van der Waals surface area contributed by atoms with Crippen molar-refractivity contribution in [3.63, 3.8) is 0 Å². The van der Waals surface area contributed by atoms with Gasteiger partial charge in [-0.3, -0.25) is 0 Å². The normalized spacial score (nSPS) is 16.4. The van der Waals surface area contributed by atoms with Gasteiger partial charge in [-0.05, 0) is 43.2 Å². The zero-order valence-corrected chi connectivity index (χ0v) is 17.5. The molecule has 156 valence electrons. The van der Waals surface area contributed by atoms with Crippen LogP contribution in [0.25, 0.3) is 0 Å². The van der Waals surface area contributed by atoms with E-state index in [1.807, 2.05) is 0 Å². The highest BCUT2D eigenvalue weighted by atomic mass is 35.5. The average Bonchev–Trinajstić information content (AvgIpc) is 2.68. The van der Waals surface area contributed by atoms with Gasteiger partial charge in [-0.1, -0.05) is 29.8 Å². The summed E-state index contributed by atoms with van der Waals surface area (Å²) in [4.78, 5) is 10.3. The molecule has 2 aromatic carbocycles. The molecule has 2 N–H and O–H groups in total. The number of sulfonamides is 1. The second-order valence-electron chi connectivity index (χ2n) is 6.54. The van der Waals surface area contributed by atoms with Crippen LogP contribution in [0.1, 0.15) is 12.8 Å². The second-order valence-corrected chi connectivity index (χ2v) is 10.8. The van der Waals surface area contributed by atoms with E-state index in [9.17, 15) is 21.6 Å². The van der Waals surface area contributed by atoms with E-state index in [1.54, 1.807) is 18.2 Å². The quantitative estimate of drug-likeness (QED) is 0.710. The van der Waals surface area contributed by atoms with Crippen LogP contribution in [0.2, 0.25) is 5.02 Å². The van der Waals surface area contributed by atoms with Gasteiger partial charge in [-0.2, -0.15) is 4.31 Å². The maximum Gasteiger partial charge on any atom is 0.404 e. The Hall–Kier alpha value is -2.14. The van der Waals surface area contributed by atoms with Crippen molar-refractivity contribution in [1.29, 1.82) is 0 Å². The van der Waals surface area contributed by atoms with Crippen molar-refractivity contribution in [3.8, 4) is 0 Å². The van der Waals surface area contributed by atoms with Crippen LogP contribution in [0.4, 0.5) is 4.79 Å². The maximum atomic E-state index is 13.1. The number of carbonyl (C=O) groups is 1. The lowest BCUT2D eigenvalue weighted by Crippen LogP contribution is -2.46. The van der Waals surface area contributed by atoms with Crippen LogP contribution >= 0.6 is 11.6 Å². The van der Waals surface area contributed by atoms with Crippen LogP contribution in [-0.2, 0) is 19.9 Å². The zero-order chi connectivity index (χ0) is 21.2. The van der Waals surface area contributed by atoms with Crippen molar-refractivity contribution in [2.45, 2.75) is 33.6 Å².